The summed E-state index contributed by atoms with van der Waals surface area (Å²) in [6.07, 6.45) is 3.34. The minimum absolute atomic E-state index is 0.0279. The van der Waals surface area contributed by atoms with Crippen LogP contribution in [0, 0.1) is 0 Å². The van der Waals surface area contributed by atoms with Crippen molar-refractivity contribution in [3.05, 3.63) is 23.8 Å². The maximum Gasteiger partial charge on any atom is 0.323 e. The van der Waals surface area contributed by atoms with Gasteiger partial charge in [0, 0.05) is 24.7 Å². The van der Waals surface area contributed by atoms with Crippen LogP contribution in [-0.2, 0) is 26.0 Å². The maximum absolute atomic E-state index is 13.0. The summed E-state index contributed by atoms with van der Waals surface area (Å²) in [5.41, 5.74) is 1.19. The normalized spacial score (nSPS) is 21.9. The van der Waals surface area contributed by atoms with E-state index in [2.05, 4.69) is 0 Å². The van der Waals surface area contributed by atoms with Crippen LogP contribution in [0.2, 0.25) is 0 Å². The molecule has 3 rings (SSSR count). The molecule has 1 saturated heterocycles. The predicted molar refractivity (Wildman–Crippen MR) is 92.0 cm³/mol. The minimum atomic E-state index is -3.59. The molecule has 1 atom stereocenters. The number of fused-ring (bicyclic) bond motifs is 1. The van der Waals surface area contributed by atoms with Crippen molar-refractivity contribution in [3.8, 4) is 0 Å². The number of nitrogens with zero attached hydrogens (tertiary/aromatic N) is 2. The number of benzene rings is 1. The van der Waals surface area contributed by atoms with E-state index in [1.807, 2.05) is 6.92 Å². The molecule has 1 fully saturated rings. The number of piperidine rings is 1. The Morgan fingerprint density at radius 1 is 1.28 bits per heavy atom. The Morgan fingerprint density at radius 3 is 2.72 bits per heavy atom. The Balaban J connectivity index is 1.95. The molecule has 2 aliphatic heterocycles. The van der Waals surface area contributed by atoms with E-state index in [0.717, 1.165) is 19.3 Å². The first-order chi connectivity index (χ1) is 11.8. The molecule has 0 unspecified atom stereocenters. The number of hydrogen-bond donors (Lipinski definition) is 1. The molecule has 1 aromatic rings. The summed E-state index contributed by atoms with van der Waals surface area (Å²) in [6.45, 7) is 2.02. The van der Waals surface area contributed by atoms with Crippen molar-refractivity contribution in [2.45, 2.75) is 50.0 Å². The van der Waals surface area contributed by atoms with Gasteiger partial charge in [-0.15, -0.1) is 0 Å². The second-order valence-electron chi connectivity index (χ2n) is 6.62. The lowest BCUT2D eigenvalue weighted by Crippen LogP contribution is -2.42. The molecule has 0 saturated carbocycles. The Morgan fingerprint density at radius 2 is 2.04 bits per heavy atom. The van der Waals surface area contributed by atoms with E-state index in [1.165, 1.54) is 11.0 Å². The highest BCUT2D eigenvalue weighted by Crippen LogP contribution is 2.32. The molecule has 2 heterocycles. The van der Waals surface area contributed by atoms with E-state index in [-0.39, 0.29) is 23.3 Å². The fourth-order valence-corrected chi connectivity index (χ4v) is 5.32. The predicted octanol–water partition coefficient (Wildman–Crippen LogP) is 1.61. The third-order valence-electron chi connectivity index (χ3n) is 4.89. The highest BCUT2D eigenvalue weighted by molar-refractivity contribution is 7.89. The van der Waals surface area contributed by atoms with Crippen LogP contribution in [-0.4, -0.2) is 48.8 Å². The first-order valence-corrected chi connectivity index (χ1v) is 9.91. The average Bonchev–Trinajstić information content (AvgIpc) is 2.57. The Labute approximate surface area is 147 Å². The highest BCUT2D eigenvalue weighted by atomic mass is 32.2. The van der Waals surface area contributed by atoms with Crippen molar-refractivity contribution in [2.75, 3.05) is 18.0 Å². The second-order valence-corrected chi connectivity index (χ2v) is 8.52. The number of carboxylic acids is 1. The lowest BCUT2D eigenvalue weighted by Gasteiger charge is -2.33. The number of sulfonamides is 1. The summed E-state index contributed by atoms with van der Waals surface area (Å²) < 4.78 is 27.5. The molecule has 0 aliphatic carbocycles. The number of carbonyl (C=O) groups is 2. The fraction of sp³-hybridized carbons (Fsp3) is 0.529. The molecule has 25 heavy (non-hydrogen) atoms. The van der Waals surface area contributed by atoms with E-state index in [4.69, 9.17) is 5.11 Å². The molecule has 1 amide bonds. The average molecular weight is 366 g/mol. The van der Waals surface area contributed by atoms with E-state index < -0.39 is 22.5 Å². The topological polar surface area (TPSA) is 95.0 Å². The number of carbonyl (C=O) groups excluding carboxylic acids is 1. The van der Waals surface area contributed by atoms with Crippen LogP contribution in [0.25, 0.3) is 0 Å². The summed E-state index contributed by atoms with van der Waals surface area (Å²) in [4.78, 5) is 24.4. The summed E-state index contributed by atoms with van der Waals surface area (Å²) in [5, 5.41) is 9.00. The van der Waals surface area contributed by atoms with E-state index in [1.54, 1.807) is 16.4 Å². The smallest absolute Gasteiger partial charge is 0.323 e. The molecular weight excluding hydrogens is 344 g/mol. The zero-order chi connectivity index (χ0) is 18.2. The lowest BCUT2D eigenvalue weighted by atomic mass is 10.0. The minimum Gasteiger partial charge on any atom is -0.480 e. The van der Waals surface area contributed by atoms with Crippen LogP contribution in [0.1, 0.15) is 38.2 Å². The van der Waals surface area contributed by atoms with Gasteiger partial charge in [0.2, 0.25) is 15.9 Å². The number of amides is 1. The molecule has 2 aliphatic rings. The Hall–Kier alpha value is -1.93. The van der Waals surface area contributed by atoms with Gasteiger partial charge >= 0.3 is 5.97 Å². The van der Waals surface area contributed by atoms with Crippen molar-refractivity contribution in [3.63, 3.8) is 0 Å². The molecular formula is C17H22N2O5S. The van der Waals surface area contributed by atoms with Gasteiger partial charge in [-0.25, -0.2) is 8.42 Å². The third-order valence-corrected chi connectivity index (χ3v) is 6.90. The maximum atomic E-state index is 13.0. The van der Waals surface area contributed by atoms with Crippen molar-refractivity contribution in [1.29, 1.82) is 0 Å². The Bertz CT molecular complexity index is 805. The van der Waals surface area contributed by atoms with Gasteiger partial charge in [-0.3, -0.25) is 9.59 Å². The van der Waals surface area contributed by atoms with Gasteiger partial charge in [0.1, 0.15) is 6.54 Å². The first-order valence-electron chi connectivity index (χ1n) is 8.47. The third kappa shape index (κ3) is 3.41. The van der Waals surface area contributed by atoms with Crippen molar-refractivity contribution in [2.24, 2.45) is 0 Å². The number of carboxylic acid groups (broad SMARTS) is 1. The molecule has 1 aromatic carbocycles. The SMILES string of the molecule is C[C@H]1CCCCN1S(=O)(=O)c1ccc2c(c1)CCC(=O)N2CC(=O)O. The second kappa shape index (κ2) is 6.76. The molecule has 0 aromatic heterocycles. The van der Waals surface area contributed by atoms with Crippen molar-refractivity contribution >= 4 is 27.6 Å². The van der Waals surface area contributed by atoms with Crippen LogP contribution >= 0.6 is 0 Å². The van der Waals surface area contributed by atoms with Crippen molar-refractivity contribution in [1.82, 2.24) is 4.31 Å². The van der Waals surface area contributed by atoms with Gasteiger partial charge in [0.05, 0.1) is 4.90 Å². The molecule has 8 heteroatoms. The first kappa shape index (κ1) is 17.9. The standard InChI is InChI=1S/C17H22N2O5S/c1-12-4-2-3-9-19(12)25(23,24)14-6-7-15-13(10-14)5-8-16(20)18(15)11-17(21)22/h6-7,10,12H,2-5,8-9,11H2,1H3,(H,21,22)/t12-/m0/s1. The fourth-order valence-electron chi connectivity index (χ4n) is 3.57. The molecule has 1 N–H and O–H groups in total. The van der Waals surface area contributed by atoms with Gasteiger partial charge in [-0.1, -0.05) is 6.42 Å². The summed E-state index contributed by atoms with van der Waals surface area (Å²) >= 11 is 0. The van der Waals surface area contributed by atoms with Crippen LogP contribution < -0.4 is 4.90 Å². The van der Waals surface area contributed by atoms with Gasteiger partial charge in [0.15, 0.2) is 0 Å². The zero-order valence-electron chi connectivity index (χ0n) is 14.1. The van der Waals surface area contributed by atoms with Gasteiger partial charge in [-0.2, -0.15) is 4.31 Å². The van der Waals surface area contributed by atoms with E-state index in [0.29, 0.717) is 24.2 Å². The lowest BCUT2D eigenvalue weighted by molar-refractivity contribution is -0.136. The number of anilines is 1. The molecule has 7 nitrogen and oxygen atoms in total. The quantitative estimate of drug-likeness (QED) is 0.874. The molecule has 136 valence electrons. The van der Waals surface area contributed by atoms with Gasteiger partial charge in [0.25, 0.3) is 0 Å². The number of rotatable bonds is 4. The van der Waals surface area contributed by atoms with Gasteiger partial charge < -0.3 is 10.0 Å². The number of hydrogen-bond acceptors (Lipinski definition) is 4. The molecule has 0 spiro atoms. The van der Waals surface area contributed by atoms with Crippen LogP contribution in [0.3, 0.4) is 0 Å². The van der Waals surface area contributed by atoms with Crippen LogP contribution in [0.5, 0.6) is 0 Å². The molecule has 0 radical (unpaired) electrons. The van der Waals surface area contributed by atoms with E-state index in [9.17, 15) is 18.0 Å². The molecule has 0 bridgehead atoms. The van der Waals surface area contributed by atoms with Crippen molar-refractivity contribution < 1.29 is 23.1 Å². The van der Waals surface area contributed by atoms with E-state index >= 15 is 0 Å². The number of aliphatic carboxylic acids is 1. The monoisotopic (exact) mass is 366 g/mol. The van der Waals surface area contributed by atoms with Crippen LogP contribution in [0.15, 0.2) is 23.1 Å². The Kier molecular flexibility index (Phi) is 4.83. The van der Waals surface area contributed by atoms with Gasteiger partial charge in [-0.05, 0) is 49.9 Å². The van der Waals surface area contributed by atoms with Crippen LogP contribution in [0.4, 0.5) is 5.69 Å². The zero-order valence-corrected chi connectivity index (χ0v) is 15.0. The highest BCUT2D eigenvalue weighted by Gasteiger charge is 2.33. The summed E-state index contributed by atoms with van der Waals surface area (Å²) in [6, 6.07) is 4.59. The summed E-state index contributed by atoms with van der Waals surface area (Å²) in [7, 11) is -3.59. The summed E-state index contributed by atoms with van der Waals surface area (Å²) in [5.74, 6) is -1.35. The largest absolute Gasteiger partial charge is 0.480 e. The number of aryl methyl sites for hydroxylation is 1.